The first kappa shape index (κ1) is 13.6. The van der Waals surface area contributed by atoms with Crippen LogP contribution in [0.5, 0.6) is 0 Å². The van der Waals surface area contributed by atoms with Crippen molar-refractivity contribution in [1.82, 2.24) is 5.32 Å². The zero-order chi connectivity index (χ0) is 11.0. The van der Waals surface area contributed by atoms with E-state index in [0.29, 0.717) is 24.8 Å². The summed E-state index contributed by atoms with van der Waals surface area (Å²) in [5.74, 6) is 0.315. The van der Waals surface area contributed by atoms with Gasteiger partial charge in [0, 0.05) is 12.5 Å². The van der Waals surface area contributed by atoms with Crippen molar-refractivity contribution in [3.63, 3.8) is 0 Å². The third-order valence-corrected chi connectivity index (χ3v) is 2.22. The molecule has 0 aromatic heterocycles. The molecular weight excluding hydrogens is 176 g/mol. The molecule has 0 saturated carbocycles. The summed E-state index contributed by atoms with van der Waals surface area (Å²) in [6.07, 6.45) is 3.58. The largest absolute Gasteiger partial charge is 0.330 e. The molecule has 0 aromatic carbocycles. The van der Waals surface area contributed by atoms with Crippen molar-refractivity contribution in [3.05, 3.63) is 0 Å². The number of ketones is 1. The number of rotatable bonds is 8. The van der Waals surface area contributed by atoms with Crippen LogP contribution in [-0.4, -0.2) is 24.4 Å². The van der Waals surface area contributed by atoms with E-state index in [9.17, 15) is 4.79 Å². The predicted octanol–water partition coefficient (Wildman–Crippen LogP) is 1.46. The molecule has 0 heterocycles. The second-order valence-electron chi connectivity index (χ2n) is 3.98. The van der Waals surface area contributed by atoms with E-state index in [1.165, 1.54) is 0 Å². The Morgan fingerprint density at radius 1 is 1.36 bits per heavy atom. The maximum Gasteiger partial charge on any atom is 0.149 e. The first-order valence-electron chi connectivity index (χ1n) is 5.60. The number of hydrogen-bond donors (Lipinski definition) is 2. The molecule has 0 fully saturated rings. The molecule has 0 rings (SSSR count). The molecule has 1 unspecified atom stereocenters. The summed E-state index contributed by atoms with van der Waals surface area (Å²) >= 11 is 0. The fraction of sp³-hybridized carbons (Fsp3) is 0.909. The van der Waals surface area contributed by atoms with Crippen LogP contribution < -0.4 is 11.1 Å². The van der Waals surface area contributed by atoms with Crippen LogP contribution in [0.25, 0.3) is 0 Å². The zero-order valence-electron chi connectivity index (χ0n) is 9.68. The minimum Gasteiger partial charge on any atom is -0.330 e. The van der Waals surface area contributed by atoms with Crippen LogP contribution >= 0.6 is 0 Å². The van der Waals surface area contributed by atoms with Crippen LogP contribution in [0.1, 0.15) is 46.5 Å². The number of hydrogen-bond acceptors (Lipinski definition) is 3. The fourth-order valence-corrected chi connectivity index (χ4v) is 1.48. The number of unbranched alkanes of at least 4 members (excludes halogenated alkanes) is 1. The fourth-order valence-electron chi connectivity index (χ4n) is 1.48. The van der Waals surface area contributed by atoms with E-state index < -0.39 is 0 Å². The van der Waals surface area contributed by atoms with Crippen LogP contribution in [0.2, 0.25) is 0 Å². The molecule has 3 heteroatoms. The highest BCUT2D eigenvalue weighted by Crippen LogP contribution is 2.04. The van der Waals surface area contributed by atoms with Gasteiger partial charge < -0.3 is 11.1 Å². The molecule has 0 saturated heterocycles. The van der Waals surface area contributed by atoms with E-state index in [1.54, 1.807) is 0 Å². The molecule has 0 aromatic rings. The van der Waals surface area contributed by atoms with Gasteiger partial charge in [-0.25, -0.2) is 0 Å². The Labute approximate surface area is 87.4 Å². The van der Waals surface area contributed by atoms with Crippen molar-refractivity contribution < 1.29 is 4.79 Å². The first-order chi connectivity index (χ1) is 6.61. The highest BCUT2D eigenvalue weighted by atomic mass is 16.1. The second kappa shape index (κ2) is 7.94. The standard InChI is InChI=1S/C11H24N2O/c1-4-11(14)10(13-9(2)3)7-5-6-8-12/h9-10,13H,4-8,12H2,1-3H3. The lowest BCUT2D eigenvalue weighted by atomic mass is 10.0. The van der Waals surface area contributed by atoms with Crippen molar-refractivity contribution in [2.75, 3.05) is 6.54 Å². The van der Waals surface area contributed by atoms with Crippen LogP contribution in [0.15, 0.2) is 0 Å². The predicted molar refractivity (Wildman–Crippen MR) is 60.3 cm³/mol. The van der Waals surface area contributed by atoms with Crippen molar-refractivity contribution in [2.45, 2.75) is 58.5 Å². The van der Waals surface area contributed by atoms with Crippen molar-refractivity contribution in [3.8, 4) is 0 Å². The smallest absolute Gasteiger partial charge is 0.149 e. The Kier molecular flexibility index (Phi) is 7.71. The first-order valence-corrected chi connectivity index (χ1v) is 5.60. The molecule has 14 heavy (non-hydrogen) atoms. The van der Waals surface area contributed by atoms with Gasteiger partial charge in [-0.05, 0) is 19.4 Å². The van der Waals surface area contributed by atoms with Gasteiger partial charge in [-0.1, -0.05) is 27.2 Å². The Morgan fingerprint density at radius 2 is 2.00 bits per heavy atom. The SMILES string of the molecule is CCC(=O)C(CCCCN)NC(C)C. The summed E-state index contributed by atoms with van der Waals surface area (Å²) in [6.45, 7) is 6.77. The lowest BCUT2D eigenvalue weighted by Gasteiger charge is -2.19. The molecule has 0 aliphatic heterocycles. The normalized spacial score (nSPS) is 13.2. The molecule has 0 aliphatic rings. The molecule has 84 valence electrons. The topological polar surface area (TPSA) is 55.1 Å². The number of carbonyl (C=O) groups is 1. The Hall–Kier alpha value is -0.410. The molecule has 3 nitrogen and oxygen atoms in total. The van der Waals surface area contributed by atoms with E-state index in [0.717, 1.165) is 19.3 Å². The third kappa shape index (κ3) is 6.11. The van der Waals surface area contributed by atoms with Gasteiger partial charge >= 0.3 is 0 Å². The number of nitrogens with one attached hydrogen (secondary N) is 1. The van der Waals surface area contributed by atoms with Gasteiger partial charge in [-0.15, -0.1) is 0 Å². The summed E-state index contributed by atoms with van der Waals surface area (Å²) in [5, 5.41) is 3.30. The van der Waals surface area contributed by atoms with Crippen LogP contribution in [-0.2, 0) is 4.79 Å². The van der Waals surface area contributed by atoms with E-state index in [-0.39, 0.29) is 6.04 Å². The molecule has 0 radical (unpaired) electrons. The maximum absolute atomic E-state index is 11.5. The van der Waals surface area contributed by atoms with Gasteiger partial charge in [0.1, 0.15) is 5.78 Å². The van der Waals surface area contributed by atoms with Gasteiger partial charge in [-0.3, -0.25) is 4.79 Å². The molecule has 0 aliphatic carbocycles. The average molecular weight is 200 g/mol. The molecule has 0 bridgehead atoms. The monoisotopic (exact) mass is 200 g/mol. The molecule has 3 N–H and O–H groups in total. The van der Waals surface area contributed by atoms with Crippen LogP contribution in [0.3, 0.4) is 0 Å². The molecule has 1 atom stereocenters. The quantitative estimate of drug-likeness (QED) is 0.583. The highest BCUT2D eigenvalue weighted by molar-refractivity contribution is 5.83. The number of carbonyl (C=O) groups excluding carboxylic acids is 1. The van der Waals surface area contributed by atoms with Crippen molar-refractivity contribution in [2.24, 2.45) is 5.73 Å². The Balaban J connectivity index is 3.91. The van der Waals surface area contributed by atoms with E-state index >= 15 is 0 Å². The summed E-state index contributed by atoms with van der Waals surface area (Å²) in [4.78, 5) is 11.5. The second-order valence-corrected chi connectivity index (χ2v) is 3.98. The lowest BCUT2D eigenvalue weighted by molar-refractivity contribution is -0.121. The van der Waals surface area contributed by atoms with Gasteiger partial charge in [0.2, 0.25) is 0 Å². The van der Waals surface area contributed by atoms with E-state index in [4.69, 9.17) is 5.73 Å². The average Bonchev–Trinajstić information content (AvgIpc) is 2.15. The minimum atomic E-state index is 0.0338. The summed E-state index contributed by atoms with van der Waals surface area (Å²) in [6, 6.07) is 0.403. The van der Waals surface area contributed by atoms with Crippen LogP contribution in [0, 0.1) is 0 Å². The summed E-state index contributed by atoms with van der Waals surface area (Å²) < 4.78 is 0. The summed E-state index contributed by atoms with van der Waals surface area (Å²) in [7, 11) is 0. The summed E-state index contributed by atoms with van der Waals surface area (Å²) in [5.41, 5.74) is 5.42. The molecular formula is C11H24N2O. The highest BCUT2D eigenvalue weighted by Gasteiger charge is 2.16. The van der Waals surface area contributed by atoms with Crippen molar-refractivity contribution >= 4 is 5.78 Å². The maximum atomic E-state index is 11.5. The van der Waals surface area contributed by atoms with Crippen molar-refractivity contribution in [1.29, 1.82) is 0 Å². The number of nitrogens with two attached hydrogens (primary N) is 1. The Bertz CT molecular complexity index is 157. The van der Waals surface area contributed by atoms with Gasteiger partial charge in [-0.2, -0.15) is 0 Å². The van der Waals surface area contributed by atoms with Crippen LogP contribution in [0.4, 0.5) is 0 Å². The minimum absolute atomic E-state index is 0.0338. The zero-order valence-corrected chi connectivity index (χ0v) is 9.68. The third-order valence-electron chi connectivity index (χ3n) is 2.22. The van der Waals surface area contributed by atoms with E-state index in [1.807, 2.05) is 6.92 Å². The van der Waals surface area contributed by atoms with Gasteiger partial charge in [0.25, 0.3) is 0 Å². The molecule has 0 amide bonds. The van der Waals surface area contributed by atoms with E-state index in [2.05, 4.69) is 19.2 Å². The molecule has 0 spiro atoms. The number of Topliss-reactive ketones (excluding diaryl/α,β-unsaturated/α-hetero) is 1. The Morgan fingerprint density at radius 3 is 2.43 bits per heavy atom. The lowest BCUT2D eigenvalue weighted by Crippen LogP contribution is -2.40. The van der Waals surface area contributed by atoms with Gasteiger partial charge in [0.15, 0.2) is 0 Å². The van der Waals surface area contributed by atoms with Gasteiger partial charge in [0.05, 0.1) is 6.04 Å².